The quantitative estimate of drug-likeness (QED) is 0.673. The minimum Gasteiger partial charge on any atom is -0.495 e. The first-order chi connectivity index (χ1) is 12.8. The van der Waals surface area contributed by atoms with Crippen LogP contribution < -0.4 is 14.8 Å². The molecule has 2 aromatic rings. The molecular formula is C17H17ClN2O6S. The first-order valence-electron chi connectivity index (χ1n) is 7.59. The Morgan fingerprint density at radius 1 is 1.11 bits per heavy atom. The van der Waals surface area contributed by atoms with E-state index < -0.39 is 21.9 Å². The zero-order chi connectivity index (χ0) is 20.0. The van der Waals surface area contributed by atoms with Gasteiger partial charge in [-0.05, 0) is 30.3 Å². The van der Waals surface area contributed by atoms with Crippen LogP contribution >= 0.6 is 11.6 Å². The van der Waals surface area contributed by atoms with Crippen LogP contribution in [-0.4, -0.2) is 41.1 Å². The maximum atomic E-state index is 12.7. The highest BCUT2D eigenvalue weighted by Crippen LogP contribution is 2.29. The van der Waals surface area contributed by atoms with E-state index in [2.05, 4.69) is 14.8 Å². The van der Waals surface area contributed by atoms with Crippen molar-refractivity contribution >= 4 is 39.2 Å². The molecule has 0 aliphatic heterocycles. The Hall–Kier alpha value is -2.78. The number of anilines is 1. The van der Waals surface area contributed by atoms with Gasteiger partial charge in [-0.15, -0.1) is 0 Å². The van der Waals surface area contributed by atoms with Crippen molar-refractivity contribution in [3.8, 4) is 5.75 Å². The molecule has 0 aliphatic carbocycles. The first kappa shape index (κ1) is 20.5. The molecular weight excluding hydrogens is 396 g/mol. The second kappa shape index (κ2) is 8.74. The largest absolute Gasteiger partial charge is 0.495 e. The number of carbonyl (C=O) groups is 2. The van der Waals surface area contributed by atoms with Gasteiger partial charge in [0.2, 0.25) is 0 Å². The van der Waals surface area contributed by atoms with Crippen molar-refractivity contribution in [3.63, 3.8) is 0 Å². The number of hydrogen-bond donors (Lipinski definition) is 2. The molecule has 0 fully saturated rings. The molecule has 8 nitrogen and oxygen atoms in total. The van der Waals surface area contributed by atoms with E-state index in [0.29, 0.717) is 5.75 Å². The topological polar surface area (TPSA) is 111 Å². The van der Waals surface area contributed by atoms with Gasteiger partial charge in [-0.25, -0.2) is 8.42 Å². The predicted molar refractivity (Wildman–Crippen MR) is 99.6 cm³/mol. The summed E-state index contributed by atoms with van der Waals surface area (Å²) < 4.78 is 37.4. The van der Waals surface area contributed by atoms with Crippen LogP contribution in [0.3, 0.4) is 0 Å². The maximum absolute atomic E-state index is 12.7. The molecule has 0 atom stereocenters. The number of methoxy groups -OCH3 is 2. The third kappa shape index (κ3) is 5.11. The van der Waals surface area contributed by atoms with Gasteiger partial charge in [-0.2, -0.15) is 0 Å². The summed E-state index contributed by atoms with van der Waals surface area (Å²) >= 11 is 6.02. The first-order valence-corrected chi connectivity index (χ1v) is 9.45. The van der Waals surface area contributed by atoms with Gasteiger partial charge in [-0.1, -0.05) is 23.7 Å². The van der Waals surface area contributed by atoms with Crippen molar-refractivity contribution < 1.29 is 27.5 Å². The molecule has 1 amide bonds. The van der Waals surface area contributed by atoms with Crippen molar-refractivity contribution in [1.82, 2.24) is 5.32 Å². The summed E-state index contributed by atoms with van der Waals surface area (Å²) in [6.45, 7) is -0.348. The standard InChI is InChI=1S/C17H17ClN2O6S/c1-25-14-6-4-3-5-13(14)20-27(23,24)15-9-11(7-8-12(15)18)17(22)19-10-16(21)26-2/h3-9,20H,10H2,1-2H3,(H,19,22). The van der Waals surface area contributed by atoms with Gasteiger partial charge in [0.15, 0.2) is 0 Å². The summed E-state index contributed by atoms with van der Waals surface area (Å²) in [5.41, 5.74) is 0.236. The normalized spacial score (nSPS) is 10.8. The van der Waals surface area contributed by atoms with Crippen molar-refractivity contribution in [1.29, 1.82) is 0 Å². The number of sulfonamides is 1. The molecule has 2 aromatic carbocycles. The van der Waals surface area contributed by atoms with Crippen LogP contribution in [0.2, 0.25) is 5.02 Å². The van der Waals surface area contributed by atoms with Crippen molar-refractivity contribution in [3.05, 3.63) is 53.1 Å². The molecule has 2 rings (SSSR count). The lowest BCUT2D eigenvalue weighted by Crippen LogP contribution is -2.30. The molecule has 27 heavy (non-hydrogen) atoms. The van der Waals surface area contributed by atoms with E-state index in [0.717, 1.165) is 6.07 Å². The third-order valence-corrected chi connectivity index (χ3v) is 5.30. The second-order valence-electron chi connectivity index (χ2n) is 5.21. The molecule has 144 valence electrons. The molecule has 0 heterocycles. The fourth-order valence-electron chi connectivity index (χ4n) is 2.11. The summed E-state index contributed by atoms with van der Waals surface area (Å²) in [7, 11) is -1.51. The Kier molecular flexibility index (Phi) is 6.65. The van der Waals surface area contributed by atoms with Crippen LogP contribution in [-0.2, 0) is 19.6 Å². The van der Waals surface area contributed by atoms with Crippen LogP contribution in [0.25, 0.3) is 0 Å². The summed E-state index contributed by atoms with van der Waals surface area (Å²) in [4.78, 5) is 22.9. The number of amides is 1. The Labute approximate surface area is 161 Å². The lowest BCUT2D eigenvalue weighted by atomic mass is 10.2. The second-order valence-corrected chi connectivity index (χ2v) is 7.27. The van der Waals surface area contributed by atoms with E-state index >= 15 is 0 Å². The lowest BCUT2D eigenvalue weighted by Gasteiger charge is -2.13. The monoisotopic (exact) mass is 412 g/mol. The van der Waals surface area contributed by atoms with Crippen molar-refractivity contribution in [2.45, 2.75) is 4.90 Å². The Morgan fingerprint density at radius 3 is 2.48 bits per heavy atom. The number of benzene rings is 2. The number of esters is 1. The van der Waals surface area contributed by atoms with Gasteiger partial charge in [0.25, 0.3) is 15.9 Å². The maximum Gasteiger partial charge on any atom is 0.325 e. The summed E-state index contributed by atoms with van der Waals surface area (Å²) in [6.07, 6.45) is 0. The number of rotatable bonds is 7. The zero-order valence-electron chi connectivity index (χ0n) is 14.5. The number of halogens is 1. The highest BCUT2D eigenvalue weighted by Gasteiger charge is 2.22. The van der Waals surface area contributed by atoms with Gasteiger partial charge >= 0.3 is 5.97 Å². The number of hydrogen-bond acceptors (Lipinski definition) is 6. The smallest absolute Gasteiger partial charge is 0.325 e. The Balaban J connectivity index is 2.31. The van der Waals surface area contributed by atoms with Crippen LogP contribution in [0.1, 0.15) is 10.4 Å². The molecule has 0 aliphatic rings. The lowest BCUT2D eigenvalue weighted by molar-refractivity contribution is -0.139. The Bertz CT molecular complexity index is 962. The molecule has 0 bridgehead atoms. The molecule has 10 heteroatoms. The van der Waals surface area contributed by atoms with Crippen LogP contribution in [0, 0.1) is 0 Å². The van der Waals surface area contributed by atoms with E-state index in [4.69, 9.17) is 16.3 Å². The highest BCUT2D eigenvalue weighted by atomic mass is 35.5. The van der Waals surface area contributed by atoms with Gasteiger partial charge < -0.3 is 14.8 Å². The third-order valence-electron chi connectivity index (χ3n) is 3.46. The minimum absolute atomic E-state index is 0.0173. The average molecular weight is 413 g/mol. The highest BCUT2D eigenvalue weighted by molar-refractivity contribution is 7.92. The van der Waals surface area contributed by atoms with E-state index in [1.54, 1.807) is 18.2 Å². The van der Waals surface area contributed by atoms with Gasteiger partial charge in [-0.3, -0.25) is 14.3 Å². The number of carbonyl (C=O) groups excluding carboxylic acids is 2. The summed E-state index contributed by atoms with van der Waals surface area (Å²) in [5.74, 6) is -0.960. The van der Waals surface area contributed by atoms with Crippen molar-refractivity contribution in [2.75, 3.05) is 25.5 Å². The van der Waals surface area contributed by atoms with E-state index in [9.17, 15) is 18.0 Å². The molecule has 0 spiro atoms. The van der Waals surface area contributed by atoms with Gasteiger partial charge in [0, 0.05) is 5.56 Å². The average Bonchev–Trinajstić information content (AvgIpc) is 2.66. The number of nitrogens with one attached hydrogen (secondary N) is 2. The molecule has 0 unspecified atom stereocenters. The summed E-state index contributed by atoms with van der Waals surface area (Å²) in [5, 5.41) is 2.26. The fourth-order valence-corrected chi connectivity index (χ4v) is 3.70. The minimum atomic E-state index is -4.10. The van der Waals surface area contributed by atoms with E-state index in [1.807, 2.05) is 0 Å². The summed E-state index contributed by atoms with van der Waals surface area (Å²) in [6, 6.07) is 10.2. The van der Waals surface area contributed by atoms with Crippen LogP contribution in [0.15, 0.2) is 47.4 Å². The number of ether oxygens (including phenoxy) is 2. The SMILES string of the molecule is COC(=O)CNC(=O)c1ccc(Cl)c(S(=O)(=O)Nc2ccccc2OC)c1. The van der Waals surface area contributed by atoms with Crippen molar-refractivity contribution in [2.24, 2.45) is 0 Å². The van der Waals surface area contributed by atoms with Gasteiger partial charge in [0.1, 0.15) is 17.2 Å². The Morgan fingerprint density at radius 2 is 1.81 bits per heavy atom. The number of para-hydroxylation sites is 2. The predicted octanol–water partition coefficient (Wildman–Crippen LogP) is 2.05. The zero-order valence-corrected chi connectivity index (χ0v) is 16.1. The van der Waals surface area contributed by atoms with Crippen LogP contribution in [0.5, 0.6) is 5.75 Å². The molecule has 0 aromatic heterocycles. The molecule has 0 saturated heterocycles. The van der Waals surface area contributed by atoms with E-state index in [1.165, 1.54) is 32.4 Å². The molecule has 2 N–H and O–H groups in total. The van der Waals surface area contributed by atoms with E-state index in [-0.39, 0.29) is 27.7 Å². The van der Waals surface area contributed by atoms with Crippen LogP contribution in [0.4, 0.5) is 5.69 Å². The molecule has 0 saturated carbocycles. The van der Waals surface area contributed by atoms with Gasteiger partial charge in [0.05, 0.1) is 24.9 Å². The molecule has 0 radical (unpaired) electrons. The fraction of sp³-hybridized carbons (Fsp3) is 0.176.